The second-order valence-electron chi connectivity index (χ2n) is 1.36. The molecule has 6 N–H and O–H groups in total. The first kappa shape index (κ1) is 29.2. The molecule has 0 saturated heterocycles. The zero-order valence-electron chi connectivity index (χ0n) is 6.76. The van der Waals surface area contributed by atoms with Crippen molar-refractivity contribution in [3.05, 3.63) is 22.7 Å². The first-order valence-electron chi connectivity index (χ1n) is 2.13. The Kier molecular flexibility index (Phi) is 26.7. The maximum atomic E-state index is 11.9. The fourth-order valence-electron chi connectivity index (χ4n) is 0.372. The van der Waals surface area contributed by atoms with Gasteiger partial charge in [-0.05, 0) is 11.9 Å². The maximum Gasteiger partial charge on any atom is 2.00 e. The molecule has 0 aromatic carbocycles. The molecule has 1 aromatic rings. The molecule has 0 spiro atoms. The van der Waals surface area contributed by atoms with Gasteiger partial charge in [0.15, 0.2) is 0 Å². The van der Waals surface area contributed by atoms with Gasteiger partial charge in [0.1, 0.15) is 0 Å². The normalized spacial score (nSPS) is 6.07. The molecule has 1 aromatic heterocycles. The van der Waals surface area contributed by atoms with E-state index in [1.807, 2.05) is 0 Å². The third-order valence-electron chi connectivity index (χ3n) is 0.737. The first-order valence-corrected chi connectivity index (χ1v) is 2.13. The molecule has 0 fully saturated rings. The molecule has 14 heavy (non-hydrogen) atoms. The van der Waals surface area contributed by atoms with Crippen LogP contribution in [0.15, 0.2) is 17.1 Å². The standard InChI is InChI=1S/C4H3FN2O2.2ClH.2H3N.Pt/c5-7-2-1-3(8)6-4(7)9;;;;;/h1-2H,(H,6,8,9);2*1H;2*1H3;/q;;;;;+2/p-2. The minimum atomic E-state index is -1.18. The topological polar surface area (TPSA) is 128 Å². The van der Waals surface area contributed by atoms with Gasteiger partial charge in [0.25, 0.3) is 0 Å². The number of nitrogens with zero attached hydrogens (tertiary/aromatic N) is 2. The summed E-state index contributed by atoms with van der Waals surface area (Å²) in [6.45, 7) is 0. The number of rotatable bonds is 0. The van der Waals surface area contributed by atoms with Gasteiger partial charge in [-0.3, -0.25) is 0 Å². The van der Waals surface area contributed by atoms with Crippen molar-refractivity contribution >= 4 is 12.4 Å². The van der Waals surface area contributed by atoms with Gasteiger partial charge in [-0.2, -0.15) is 0 Å². The molecule has 0 aliphatic heterocycles. The summed E-state index contributed by atoms with van der Waals surface area (Å²) in [7, 11) is 0. The van der Waals surface area contributed by atoms with Crippen LogP contribution >= 0.6 is 12.4 Å². The van der Waals surface area contributed by atoms with E-state index < -0.39 is 11.6 Å². The molecule has 10 heteroatoms. The van der Waals surface area contributed by atoms with Crippen molar-refractivity contribution in [3.63, 3.8) is 0 Å². The van der Waals surface area contributed by atoms with Gasteiger partial charge in [-0.15, -0.1) is 17.2 Å². The molecular weight excluding hydrogens is 421 g/mol. The van der Waals surface area contributed by atoms with Crippen molar-refractivity contribution in [3.8, 4) is 5.88 Å². The van der Waals surface area contributed by atoms with Gasteiger partial charge >= 0.3 is 26.8 Å². The molecule has 88 valence electrons. The monoisotopic (exact) mass is 429 g/mol. The van der Waals surface area contributed by atoms with E-state index in [-0.39, 0.29) is 63.0 Å². The van der Waals surface area contributed by atoms with E-state index in [1.54, 1.807) is 0 Å². The number of hydrogen-bond acceptors (Lipinski definition) is 5. The Balaban J connectivity index is -0.0000000540. The van der Waals surface area contributed by atoms with Crippen LogP contribution in [0.25, 0.3) is 0 Å². The zero-order valence-corrected chi connectivity index (χ0v) is 10.6. The third-order valence-corrected chi connectivity index (χ3v) is 0.737. The molecule has 0 atom stereocenters. The summed E-state index contributed by atoms with van der Waals surface area (Å²) in [5.74, 6) is -0.728. The van der Waals surface area contributed by atoms with Crippen LogP contribution in [0.4, 0.5) is 4.48 Å². The van der Waals surface area contributed by atoms with Gasteiger partial charge in [-0.1, -0.05) is 4.48 Å². The van der Waals surface area contributed by atoms with Crippen LogP contribution in [-0.2, 0) is 21.1 Å². The van der Waals surface area contributed by atoms with E-state index in [9.17, 15) is 14.4 Å². The van der Waals surface area contributed by atoms with E-state index in [4.69, 9.17) is 0 Å². The fourth-order valence-corrected chi connectivity index (χ4v) is 0.372. The Bertz CT molecular complexity index is 286. The average molecular weight is 430 g/mol. The van der Waals surface area contributed by atoms with Crippen LogP contribution in [0.2, 0.25) is 0 Å². The van der Waals surface area contributed by atoms with Gasteiger partial charge in [-0.25, -0.2) is 9.78 Å². The van der Waals surface area contributed by atoms with Crippen LogP contribution in [0.3, 0.4) is 0 Å². The van der Waals surface area contributed by atoms with Crippen molar-refractivity contribution in [2.45, 2.75) is 0 Å². The Labute approximate surface area is 106 Å². The number of aromatic nitrogens is 2. The predicted octanol–water partition coefficient (Wildman–Crippen LogP) is -3.20. The summed E-state index contributed by atoms with van der Waals surface area (Å²) >= 11 is 0. The minimum absolute atomic E-state index is 0. The van der Waals surface area contributed by atoms with E-state index in [2.05, 4.69) is 4.98 Å². The van der Waals surface area contributed by atoms with E-state index in [0.29, 0.717) is 0 Å². The average Bonchev–Trinajstić information content (AvgIpc) is 1.80. The second-order valence-corrected chi connectivity index (χ2v) is 1.36. The van der Waals surface area contributed by atoms with Crippen LogP contribution in [0.1, 0.15) is 0 Å². The number of hydrogen-bond donors (Lipinski definition) is 2. The summed E-state index contributed by atoms with van der Waals surface area (Å²) < 4.78 is 11.9. The predicted molar refractivity (Wildman–Crippen MR) is 41.7 cm³/mol. The zero-order chi connectivity index (χ0) is 6.85. The molecular formula is C4H9Cl2FN4O2Pt. The molecule has 0 radical (unpaired) electrons. The van der Waals surface area contributed by atoms with Crippen molar-refractivity contribution < 1.29 is 43.1 Å². The fraction of sp³-hybridized carbons (Fsp3) is 0. The van der Waals surface area contributed by atoms with Crippen LogP contribution in [0.5, 0.6) is 5.88 Å². The van der Waals surface area contributed by atoms with Crippen molar-refractivity contribution in [1.82, 2.24) is 22.1 Å². The Morgan fingerprint density at radius 3 is 2.14 bits per heavy atom. The molecule has 0 amide bonds. The van der Waals surface area contributed by atoms with Gasteiger partial charge < -0.3 is 29.8 Å². The second kappa shape index (κ2) is 12.8. The largest absolute Gasteiger partial charge is 2.00 e. The summed E-state index contributed by atoms with van der Waals surface area (Å²) in [4.78, 5) is 12.6. The quantitative estimate of drug-likeness (QED) is 0.448. The molecule has 0 saturated carbocycles. The van der Waals surface area contributed by atoms with E-state index in [1.165, 1.54) is 0 Å². The van der Waals surface area contributed by atoms with Crippen LogP contribution < -0.4 is 35.5 Å². The first-order chi connectivity index (χ1) is 4.20. The Morgan fingerprint density at radius 2 is 1.86 bits per heavy atom. The van der Waals surface area contributed by atoms with Crippen molar-refractivity contribution in [1.29, 1.82) is 0 Å². The smallest absolute Gasteiger partial charge is 1.00 e. The molecule has 1 heterocycles. The van der Waals surface area contributed by atoms with Gasteiger partial charge in [0.05, 0.1) is 0 Å². The van der Waals surface area contributed by atoms with Crippen LogP contribution in [0, 0.1) is 0 Å². The van der Waals surface area contributed by atoms with Crippen molar-refractivity contribution in [2.24, 2.45) is 0 Å². The minimum Gasteiger partial charge on any atom is -1.00 e. The maximum absolute atomic E-state index is 11.9. The SMILES string of the molecule is Cl.N.N.O=c1nc([O-])ccn1F.[Cl-].[Pt+2]. The molecule has 0 aliphatic rings. The van der Waals surface area contributed by atoms with E-state index >= 15 is 0 Å². The van der Waals surface area contributed by atoms with Gasteiger partial charge in [0, 0.05) is 6.20 Å². The van der Waals surface area contributed by atoms with Gasteiger partial charge in [0.2, 0.25) is 0 Å². The molecule has 6 nitrogen and oxygen atoms in total. The summed E-state index contributed by atoms with van der Waals surface area (Å²) in [5, 5.41) is 10.2. The summed E-state index contributed by atoms with van der Waals surface area (Å²) in [6.07, 6.45) is 0.720. The van der Waals surface area contributed by atoms with E-state index in [0.717, 1.165) is 12.3 Å². The molecule has 0 bridgehead atoms. The van der Waals surface area contributed by atoms with Crippen molar-refractivity contribution in [2.75, 3.05) is 0 Å². The Morgan fingerprint density at radius 1 is 1.43 bits per heavy atom. The molecule has 0 aliphatic carbocycles. The molecule has 1 rings (SSSR count). The molecule has 0 unspecified atom stereocenters. The summed E-state index contributed by atoms with van der Waals surface area (Å²) in [6, 6.07) is 0.862. The Hall–Kier alpha value is -0.202. The number of halogens is 3. The van der Waals surface area contributed by atoms with Crippen LogP contribution in [-0.4, -0.2) is 9.77 Å². The summed E-state index contributed by atoms with van der Waals surface area (Å²) in [5.41, 5.74) is -1.18. The third kappa shape index (κ3) is 8.40.